The van der Waals surface area contributed by atoms with Gasteiger partial charge < -0.3 is 24.3 Å². The van der Waals surface area contributed by atoms with Crippen molar-refractivity contribution in [2.45, 2.75) is 64.5 Å². The number of hydrogen-bond donors (Lipinski definition) is 1. The third kappa shape index (κ3) is 8.29. The number of rotatable bonds is 11. The van der Waals surface area contributed by atoms with Crippen LogP contribution < -0.4 is 20.4 Å². The Morgan fingerprint density at radius 2 is 1.77 bits per heavy atom. The molecule has 8 nitrogen and oxygen atoms in total. The summed E-state index contributed by atoms with van der Waals surface area (Å²) >= 11 is 6.15. The lowest BCUT2D eigenvalue weighted by molar-refractivity contribution is -0.133. The number of amides is 2. The van der Waals surface area contributed by atoms with Gasteiger partial charge in [-0.3, -0.25) is 14.4 Å². The van der Waals surface area contributed by atoms with Crippen LogP contribution in [0.1, 0.15) is 67.1 Å². The summed E-state index contributed by atoms with van der Waals surface area (Å²) in [5, 5.41) is 4.14. The molecule has 48 heavy (non-hydrogen) atoms. The van der Waals surface area contributed by atoms with Crippen LogP contribution in [0.5, 0.6) is 5.75 Å². The van der Waals surface area contributed by atoms with E-state index in [-0.39, 0.29) is 23.1 Å². The molecule has 250 valence electrons. The maximum atomic E-state index is 13.6. The van der Waals surface area contributed by atoms with E-state index < -0.39 is 5.91 Å². The maximum absolute atomic E-state index is 13.6. The highest BCUT2D eigenvalue weighted by molar-refractivity contribution is 6.30. The van der Waals surface area contributed by atoms with E-state index in [0.29, 0.717) is 47.7 Å². The summed E-state index contributed by atoms with van der Waals surface area (Å²) in [5.41, 5.74) is 4.68. The van der Waals surface area contributed by atoms with Crippen LogP contribution in [0.4, 0.5) is 5.69 Å². The molecule has 6 rings (SSSR count). The number of carbonyl (C=O) groups excluding carboxylic acids is 2. The molecule has 9 heteroatoms. The molecular weight excluding hydrogens is 626 g/mol. The number of likely N-dealkylation sites (tertiary alicyclic amines) is 1. The van der Waals surface area contributed by atoms with Crippen LogP contribution in [0.3, 0.4) is 0 Å². The third-order valence-corrected chi connectivity index (χ3v) is 9.29. The predicted octanol–water partition coefficient (Wildman–Crippen LogP) is 7.32. The molecule has 2 aliphatic rings. The Kier molecular flexibility index (Phi) is 10.8. The van der Waals surface area contributed by atoms with Gasteiger partial charge in [0.05, 0.1) is 18.0 Å². The minimum atomic E-state index is -0.449. The van der Waals surface area contributed by atoms with Crippen LogP contribution in [0, 0.1) is 0 Å². The number of anilines is 1. The highest BCUT2D eigenvalue weighted by Crippen LogP contribution is 2.29. The predicted molar refractivity (Wildman–Crippen MR) is 190 cm³/mol. The number of para-hydroxylation sites is 1. The second-order valence-electron chi connectivity index (χ2n) is 12.6. The number of carbonyl (C=O) groups is 2. The summed E-state index contributed by atoms with van der Waals surface area (Å²) in [7, 11) is 0. The fraction of sp³-hybridized carbons (Fsp3) is 0.359. The monoisotopic (exact) mass is 667 g/mol. The Morgan fingerprint density at radius 1 is 0.979 bits per heavy atom. The van der Waals surface area contributed by atoms with Crippen LogP contribution in [0.15, 0.2) is 93.7 Å². The second-order valence-corrected chi connectivity index (χ2v) is 13.0. The molecule has 2 amide bonds. The van der Waals surface area contributed by atoms with Crippen molar-refractivity contribution in [2.24, 2.45) is 0 Å². The number of piperidine rings is 2. The van der Waals surface area contributed by atoms with E-state index in [1.165, 1.54) is 22.9 Å². The summed E-state index contributed by atoms with van der Waals surface area (Å²) in [6, 6.07) is 22.0. The average molecular weight is 668 g/mol. The number of hydrogen-bond acceptors (Lipinski definition) is 6. The summed E-state index contributed by atoms with van der Waals surface area (Å²) in [5.74, 6) is 0.348. The first-order valence-corrected chi connectivity index (χ1v) is 17.3. The first-order chi connectivity index (χ1) is 23.4. The fourth-order valence-electron chi connectivity index (χ4n) is 6.50. The van der Waals surface area contributed by atoms with E-state index in [2.05, 4.69) is 34.5 Å². The summed E-state index contributed by atoms with van der Waals surface area (Å²) < 4.78 is 11.6. The summed E-state index contributed by atoms with van der Waals surface area (Å²) in [6.07, 6.45) is 7.92. The molecule has 2 saturated heterocycles. The maximum Gasteiger partial charge on any atom is 0.287 e. The van der Waals surface area contributed by atoms with Gasteiger partial charge in [-0.25, -0.2) is 0 Å². The Morgan fingerprint density at radius 3 is 2.54 bits per heavy atom. The lowest BCUT2D eigenvalue weighted by Gasteiger charge is -2.34. The molecule has 0 saturated carbocycles. The van der Waals surface area contributed by atoms with Crippen molar-refractivity contribution in [3.63, 3.8) is 0 Å². The Bertz CT molecular complexity index is 1840. The van der Waals surface area contributed by atoms with Crippen molar-refractivity contribution in [1.82, 2.24) is 10.2 Å². The van der Waals surface area contributed by atoms with Crippen molar-refractivity contribution >= 4 is 40.1 Å². The van der Waals surface area contributed by atoms with Gasteiger partial charge in [-0.05, 0) is 86.1 Å². The number of nitrogens with zero attached hydrogens (tertiary/aromatic N) is 2. The normalized spacial score (nSPS) is 15.8. The molecule has 0 unspecified atom stereocenters. The lowest BCUT2D eigenvalue weighted by atomic mass is 9.97. The van der Waals surface area contributed by atoms with Crippen LogP contribution in [0.2, 0.25) is 5.02 Å². The second kappa shape index (κ2) is 15.6. The molecule has 2 fully saturated rings. The number of ether oxygens (including phenoxy) is 1. The SMILES string of the molecule is CCCOc1ccc2oc(C(=O)N[C@H](C=C3CCN(c4ccccc4CN4CCCCC4=O)CC3)Cc3ccc(Cl)cc3)cc(=O)c2c1. The van der Waals surface area contributed by atoms with Gasteiger partial charge in [-0.15, -0.1) is 0 Å². The quantitative estimate of drug-likeness (QED) is 0.169. The fourth-order valence-corrected chi connectivity index (χ4v) is 6.62. The average Bonchev–Trinajstić information content (AvgIpc) is 3.10. The first kappa shape index (κ1) is 33.3. The molecule has 0 bridgehead atoms. The van der Waals surface area contributed by atoms with Crippen LogP contribution in [0.25, 0.3) is 11.0 Å². The van der Waals surface area contributed by atoms with E-state index in [9.17, 15) is 14.4 Å². The molecule has 1 aromatic heterocycles. The molecule has 2 aliphatic heterocycles. The van der Waals surface area contributed by atoms with E-state index in [1.54, 1.807) is 18.2 Å². The van der Waals surface area contributed by atoms with Crippen molar-refractivity contribution < 1.29 is 18.7 Å². The number of fused-ring (bicyclic) bond motifs is 1. The standard InChI is InChI=1S/C39H42ClN3O5/c1-2-21-47-32-14-15-36-33(24-32)35(44)25-37(48-36)39(46)41-31(22-27-10-12-30(40)13-11-27)23-28-16-19-42(20-17-28)34-8-4-3-7-29(34)26-43-18-6-5-9-38(43)45/h3-4,7-8,10-15,23-25,31H,2,5-6,9,16-22,26H2,1H3,(H,41,46)/t31-/m0/s1. The van der Waals surface area contributed by atoms with Gasteiger partial charge in [0.15, 0.2) is 11.2 Å². The minimum absolute atomic E-state index is 0.0344. The van der Waals surface area contributed by atoms with Crippen LogP contribution in [-0.4, -0.2) is 49.0 Å². The topological polar surface area (TPSA) is 92.1 Å². The molecule has 0 aliphatic carbocycles. The molecule has 3 heterocycles. The molecule has 0 spiro atoms. The lowest BCUT2D eigenvalue weighted by Crippen LogP contribution is -2.37. The molecule has 1 atom stereocenters. The van der Waals surface area contributed by atoms with E-state index in [4.69, 9.17) is 20.8 Å². The Labute approximate surface area is 286 Å². The molecule has 4 aromatic rings. The Balaban J connectivity index is 1.18. The molecule has 0 radical (unpaired) electrons. The summed E-state index contributed by atoms with van der Waals surface area (Å²) in [6.45, 7) is 5.69. The third-order valence-electron chi connectivity index (χ3n) is 9.04. The van der Waals surface area contributed by atoms with E-state index in [1.807, 2.05) is 42.2 Å². The number of nitrogens with one attached hydrogen (secondary N) is 1. The molecule has 3 aromatic carbocycles. The van der Waals surface area contributed by atoms with E-state index >= 15 is 0 Å². The van der Waals surface area contributed by atoms with Gasteiger partial charge in [0.2, 0.25) is 5.91 Å². The highest BCUT2D eigenvalue weighted by Gasteiger charge is 2.23. The summed E-state index contributed by atoms with van der Waals surface area (Å²) in [4.78, 5) is 43.5. The zero-order valence-electron chi connectivity index (χ0n) is 27.4. The van der Waals surface area contributed by atoms with Gasteiger partial charge in [0.25, 0.3) is 5.91 Å². The van der Waals surface area contributed by atoms with Crippen molar-refractivity contribution in [1.29, 1.82) is 0 Å². The minimum Gasteiger partial charge on any atom is -0.494 e. The van der Waals surface area contributed by atoms with Crippen LogP contribution >= 0.6 is 11.6 Å². The van der Waals surface area contributed by atoms with Crippen molar-refractivity contribution in [3.8, 4) is 5.75 Å². The first-order valence-electron chi connectivity index (χ1n) is 16.9. The molecule has 1 N–H and O–H groups in total. The van der Waals surface area contributed by atoms with Gasteiger partial charge in [0.1, 0.15) is 11.3 Å². The van der Waals surface area contributed by atoms with Crippen LogP contribution in [-0.2, 0) is 17.8 Å². The highest BCUT2D eigenvalue weighted by atomic mass is 35.5. The van der Waals surface area contributed by atoms with Crippen molar-refractivity contribution in [3.05, 3.63) is 117 Å². The number of benzene rings is 3. The van der Waals surface area contributed by atoms with Gasteiger partial charge >= 0.3 is 0 Å². The Hall–Kier alpha value is -4.56. The van der Waals surface area contributed by atoms with Gasteiger partial charge in [-0.1, -0.05) is 60.5 Å². The van der Waals surface area contributed by atoms with Gasteiger partial charge in [0, 0.05) is 49.4 Å². The zero-order valence-corrected chi connectivity index (χ0v) is 28.1. The smallest absolute Gasteiger partial charge is 0.287 e. The molecular formula is C39H42ClN3O5. The number of halogens is 1. The van der Waals surface area contributed by atoms with Crippen molar-refractivity contribution in [2.75, 3.05) is 31.1 Å². The largest absolute Gasteiger partial charge is 0.494 e. The zero-order chi connectivity index (χ0) is 33.5. The van der Waals surface area contributed by atoms with Gasteiger partial charge in [-0.2, -0.15) is 0 Å². The van der Waals surface area contributed by atoms with E-state index in [0.717, 1.165) is 57.3 Å².